The van der Waals surface area contributed by atoms with Crippen LogP contribution >= 0.6 is 0 Å². The third kappa shape index (κ3) is 4.83. The van der Waals surface area contributed by atoms with Gasteiger partial charge in [-0.25, -0.2) is 0 Å². The molecule has 1 unspecified atom stereocenters. The van der Waals surface area contributed by atoms with Gasteiger partial charge in [-0.1, -0.05) is 26.7 Å². The number of alkyl halides is 3. The van der Waals surface area contributed by atoms with Crippen LogP contribution in [0.3, 0.4) is 0 Å². The minimum Gasteiger partial charge on any atom is -0.371 e. The highest BCUT2D eigenvalue weighted by molar-refractivity contribution is 5.01. The maximum atomic E-state index is 12.1. The Hall–Kier alpha value is -0.330. The van der Waals surface area contributed by atoms with Gasteiger partial charge in [0.2, 0.25) is 0 Å². The van der Waals surface area contributed by atoms with Gasteiger partial charge in [-0.3, -0.25) is 4.90 Å². The van der Waals surface area contributed by atoms with Gasteiger partial charge in [0.05, 0.1) is 6.61 Å². The number of nitrogens with zero attached hydrogens (tertiary/aromatic N) is 1. The molecule has 0 aromatic rings. The van der Waals surface area contributed by atoms with Crippen molar-refractivity contribution in [3.05, 3.63) is 0 Å². The molecular formula is C15H27F3N2O. The molecule has 0 aromatic heterocycles. The van der Waals surface area contributed by atoms with E-state index in [0.717, 1.165) is 13.1 Å². The highest BCUT2D eigenvalue weighted by atomic mass is 19.4. The number of ether oxygens (including phenoxy) is 1. The predicted octanol–water partition coefficient (Wildman–Crippen LogP) is 2.81. The van der Waals surface area contributed by atoms with Crippen LogP contribution in [0.5, 0.6) is 0 Å². The fraction of sp³-hybridized carbons (Fsp3) is 1.00. The Bertz CT molecular complexity index is 327. The van der Waals surface area contributed by atoms with E-state index in [0.29, 0.717) is 18.5 Å². The van der Waals surface area contributed by atoms with Gasteiger partial charge in [0.25, 0.3) is 0 Å². The highest BCUT2D eigenvalue weighted by Crippen LogP contribution is 2.34. The number of rotatable bonds is 5. The summed E-state index contributed by atoms with van der Waals surface area (Å²) < 4.78 is 41.1. The first kappa shape index (κ1) is 17.0. The maximum absolute atomic E-state index is 12.1. The highest BCUT2D eigenvalue weighted by Gasteiger charge is 2.41. The Morgan fingerprint density at radius 2 is 1.95 bits per heavy atom. The molecule has 6 heteroatoms. The van der Waals surface area contributed by atoms with Crippen molar-refractivity contribution in [3.8, 4) is 0 Å². The second-order valence-electron chi connectivity index (χ2n) is 6.82. The molecule has 0 amide bonds. The van der Waals surface area contributed by atoms with E-state index in [1.807, 2.05) is 0 Å². The van der Waals surface area contributed by atoms with E-state index >= 15 is 0 Å². The van der Waals surface area contributed by atoms with Crippen molar-refractivity contribution >= 4 is 0 Å². The van der Waals surface area contributed by atoms with Crippen LogP contribution < -0.4 is 5.32 Å². The lowest BCUT2D eigenvalue weighted by molar-refractivity contribution is -0.175. The van der Waals surface area contributed by atoms with Gasteiger partial charge in [-0.15, -0.1) is 0 Å². The Balaban J connectivity index is 1.85. The van der Waals surface area contributed by atoms with Crippen molar-refractivity contribution < 1.29 is 17.9 Å². The molecule has 3 nitrogen and oxygen atoms in total. The molecule has 1 aliphatic carbocycles. The number of hydrogen-bond acceptors (Lipinski definition) is 3. The summed E-state index contributed by atoms with van der Waals surface area (Å²) in [6, 6.07) is 0.380. The molecule has 1 saturated heterocycles. The second kappa shape index (κ2) is 6.84. The second-order valence-corrected chi connectivity index (χ2v) is 6.82. The molecular weight excluding hydrogens is 281 g/mol. The number of halogens is 3. The Kier molecular flexibility index (Phi) is 5.54. The fourth-order valence-corrected chi connectivity index (χ4v) is 3.67. The lowest BCUT2D eigenvalue weighted by Gasteiger charge is -2.48. The quantitative estimate of drug-likeness (QED) is 0.791. The fourth-order valence-electron chi connectivity index (χ4n) is 3.67. The molecule has 0 radical (unpaired) electrons. The first-order valence-corrected chi connectivity index (χ1v) is 7.95. The smallest absolute Gasteiger partial charge is 0.371 e. The van der Waals surface area contributed by atoms with E-state index in [1.165, 1.54) is 25.7 Å². The van der Waals surface area contributed by atoms with Gasteiger partial charge in [0, 0.05) is 31.2 Å². The van der Waals surface area contributed by atoms with Gasteiger partial charge < -0.3 is 10.1 Å². The Labute approximate surface area is 125 Å². The molecule has 1 N–H and O–H groups in total. The Morgan fingerprint density at radius 1 is 1.29 bits per heavy atom. The van der Waals surface area contributed by atoms with Crippen LogP contribution in [-0.2, 0) is 4.74 Å². The van der Waals surface area contributed by atoms with Crippen molar-refractivity contribution in [1.29, 1.82) is 0 Å². The largest absolute Gasteiger partial charge is 0.411 e. The van der Waals surface area contributed by atoms with Crippen molar-refractivity contribution in [2.24, 2.45) is 5.92 Å². The topological polar surface area (TPSA) is 24.5 Å². The summed E-state index contributed by atoms with van der Waals surface area (Å²) in [6.45, 7) is 5.80. The van der Waals surface area contributed by atoms with Gasteiger partial charge in [-0.05, 0) is 18.8 Å². The molecule has 1 aliphatic heterocycles. The number of piperazine rings is 1. The van der Waals surface area contributed by atoms with Crippen LogP contribution in [0.1, 0.15) is 39.5 Å². The molecule has 124 valence electrons. The summed E-state index contributed by atoms with van der Waals surface area (Å²) in [5, 5.41) is 3.71. The third-order valence-electron chi connectivity index (χ3n) is 4.78. The van der Waals surface area contributed by atoms with Gasteiger partial charge in [0.15, 0.2) is 0 Å². The monoisotopic (exact) mass is 308 g/mol. The average Bonchev–Trinajstić information content (AvgIpc) is 2.81. The molecule has 1 saturated carbocycles. The maximum Gasteiger partial charge on any atom is 0.411 e. The van der Waals surface area contributed by atoms with Crippen LogP contribution in [-0.4, -0.2) is 55.5 Å². The lowest BCUT2D eigenvalue weighted by Crippen LogP contribution is -2.64. The molecule has 1 heterocycles. The van der Waals surface area contributed by atoms with Crippen LogP contribution in [0.25, 0.3) is 0 Å². The van der Waals surface area contributed by atoms with E-state index in [9.17, 15) is 13.2 Å². The van der Waals surface area contributed by atoms with E-state index < -0.39 is 12.8 Å². The molecule has 2 fully saturated rings. The van der Waals surface area contributed by atoms with Gasteiger partial charge >= 0.3 is 6.18 Å². The molecule has 1 spiro atoms. The summed E-state index contributed by atoms with van der Waals surface area (Å²) in [4.78, 5) is 2.34. The standard InChI is InChI=1S/C15H27F3N2O/c1-12(2)13-9-19-14(5-3-4-6-14)10-20(13)7-8-21-11-15(16,17)18/h12-13,19H,3-11H2,1-2H3. The summed E-state index contributed by atoms with van der Waals surface area (Å²) in [5.74, 6) is 0.485. The van der Waals surface area contributed by atoms with Crippen LogP contribution in [0.4, 0.5) is 13.2 Å². The number of nitrogens with one attached hydrogen (secondary N) is 1. The molecule has 21 heavy (non-hydrogen) atoms. The Morgan fingerprint density at radius 3 is 2.52 bits per heavy atom. The molecule has 1 atom stereocenters. The van der Waals surface area contributed by atoms with E-state index in [1.54, 1.807) is 0 Å². The molecule has 2 rings (SSSR count). The van der Waals surface area contributed by atoms with E-state index in [4.69, 9.17) is 4.74 Å². The van der Waals surface area contributed by atoms with Crippen molar-refractivity contribution in [1.82, 2.24) is 10.2 Å². The zero-order valence-electron chi connectivity index (χ0n) is 13.0. The summed E-state index contributed by atoms with van der Waals surface area (Å²) in [5.41, 5.74) is 0.190. The summed E-state index contributed by atoms with van der Waals surface area (Å²) in [6.07, 6.45) is 0.624. The van der Waals surface area contributed by atoms with Crippen molar-refractivity contribution in [2.75, 3.05) is 32.8 Å². The van der Waals surface area contributed by atoms with Crippen LogP contribution in [0.15, 0.2) is 0 Å². The zero-order chi connectivity index (χ0) is 15.5. The molecule has 0 bridgehead atoms. The summed E-state index contributed by atoms with van der Waals surface area (Å²) >= 11 is 0. The molecule has 2 aliphatic rings. The minimum absolute atomic E-state index is 0.152. The summed E-state index contributed by atoms with van der Waals surface area (Å²) in [7, 11) is 0. The van der Waals surface area contributed by atoms with E-state index in [-0.39, 0.29) is 12.1 Å². The van der Waals surface area contributed by atoms with Crippen LogP contribution in [0.2, 0.25) is 0 Å². The first-order chi connectivity index (χ1) is 9.81. The third-order valence-corrected chi connectivity index (χ3v) is 4.78. The predicted molar refractivity (Wildman–Crippen MR) is 76.3 cm³/mol. The SMILES string of the molecule is CC(C)C1CNC2(CCCC2)CN1CCOCC(F)(F)F. The minimum atomic E-state index is -4.23. The van der Waals surface area contributed by atoms with Crippen LogP contribution in [0, 0.1) is 5.92 Å². The zero-order valence-corrected chi connectivity index (χ0v) is 13.0. The lowest BCUT2D eigenvalue weighted by atomic mass is 9.89. The molecule has 0 aromatic carbocycles. The van der Waals surface area contributed by atoms with Crippen molar-refractivity contribution in [2.45, 2.75) is 57.3 Å². The average molecular weight is 308 g/mol. The van der Waals surface area contributed by atoms with E-state index in [2.05, 4.69) is 24.1 Å². The first-order valence-electron chi connectivity index (χ1n) is 7.95. The van der Waals surface area contributed by atoms with Gasteiger partial charge in [-0.2, -0.15) is 13.2 Å². The number of hydrogen-bond donors (Lipinski definition) is 1. The van der Waals surface area contributed by atoms with Crippen molar-refractivity contribution in [3.63, 3.8) is 0 Å². The van der Waals surface area contributed by atoms with Gasteiger partial charge in [0.1, 0.15) is 6.61 Å². The normalized spacial score (nSPS) is 26.9.